The van der Waals surface area contributed by atoms with Crippen LogP contribution in [0, 0.1) is 11.8 Å². The second kappa shape index (κ2) is 7.59. The predicted octanol–water partition coefficient (Wildman–Crippen LogP) is 4.36. The molecule has 2 rings (SSSR count). The van der Waals surface area contributed by atoms with Crippen LogP contribution >= 0.6 is 0 Å². The van der Waals surface area contributed by atoms with E-state index in [1.54, 1.807) is 24.3 Å². The van der Waals surface area contributed by atoms with E-state index in [0.717, 1.165) is 32.1 Å². The lowest BCUT2D eigenvalue weighted by molar-refractivity contribution is 0.0981. The second-order valence-electron chi connectivity index (χ2n) is 5.22. The van der Waals surface area contributed by atoms with E-state index in [0.29, 0.717) is 23.1 Å². The van der Waals surface area contributed by atoms with Gasteiger partial charge in [0.2, 0.25) is 0 Å². The summed E-state index contributed by atoms with van der Waals surface area (Å²) in [5.74, 6) is 6.20. The topological polar surface area (TPSA) is 34.1 Å². The molecule has 0 atom stereocenters. The smallest absolute Gasteiger partial charge is 0.189 e. The summed E-state index contributed by atoms with van der Waals surface area (Å²) in [4.78, 5) is 24.3. The third kappa shape index (κ3) is 3.92. The lowest BCUT2D eigenvalue weighted by Gasteiger charge is -2.14. The summed E-state index contributed by atoms with van der Waals surface area (Å²) in [6, 6.07) is 7.02. The number of allylic oxidation sites excluding steroid dienone is 2. The molecule has 0 aliphatic heterocycles. The van der Waals surface area contributed by atoms with Crippen LogP contribution in [0.15, 0.2) is 35.9 Å². The Hall–Kier alpha value is -2.14. The maximum absolute atomic E-state index is 12.3. The van der Waals surface area contributed by atoms with Crippen molar-refractivity contribution in [2.45, 2.75) is 45.4 Å². The molecule has 1 aromatic rings. The molecule has 1 aromatic carbocycles. The molecule has 0 bridgehead atoms. The van der Waals surface area contributed by atoms with Crippen molar-refractivity contribution in [3.63, 3.8) is 0 Å². The first-order valence-electron chi connectivity index (χ1n) is 7.58. The van der Waals surface area contributed by atoms with Gasteiger partial charge in [0, 0.05) is 29.5 Å². The van der Waals surface area contributed by atoms with Gasteiger partial charge in [-0.1, -0.05) is 37.6 Å². The fourth-order valence-corrected chi connectivity index (χ4v) is 2.37. The third-order valence-corrected chi connectivity index (χ3v) is 3.56. The van der Waals surface area contributed by atoms with Crippen molar-refractivity contribution in [3.05, 3.63) is 47.0 Å². The number of hydrogen-bond donors (Lipinski definition) is 0. The predicted molar refractivity (Wildman–Crippen MR) is 84.3 cm³/mol. The lowest BCUT2D eigenvalue weighted by atomic mass is 9.87. The second-order valence-corrected chi connectivity index (χ2v) is 5.22. The maximum Gasteiger partial charge on any atom is 0.189 e. The molecule has 0 saturated carbocycles. The molecule has 0 spiro atoms. The van der Waals surface area contributed by atoms with Gasteiger partial charge in [-0.2, -0.15) is 0 Å². The van der Waals surface area contributed by atoms with E-state index >= 15 is 0 Å². The molecule has 0 saturated heterocycles. The number of fused-ring (bicyclic) bond motifs is 1. The summed E-state index contributed by atoms with van der Waals surface area (Å²) in [7, 11) is 0. The summed E-state index contributed by atoms with van der Waals surface area (Å²) in [5.41, 5.74) is 1.67. The molecule has 0 radical (unpaired) electrons. The van der Waals surface area contributed by atoms with Crippen molar-refractivity contribution in [1.82, 2.24) is 0 Å². The molecule has 2 heteroatoms. The normalized spacial score (nSPS) is 13.3. The number of ketones is 2. The standard InChI is InChI=1S/C19H20O2/c1-2-3-4-5-6-7-8-11-15-14-18(20)16-12-9-10-13-17(16)19(15)21/h9-10,12-14H,2-4,7-8,11H2,1H3. The van der Waals surface area contributed by atoms with Crippen LogP contribution in [0.4, 0.5) is 0 Å². The van der Waals surface area contributed by atoms with Crippen molar-refractivity contribution < 1.29 is 9.59 Å². The Morgan fingerprint density at radius 3 is 2.33 bits per heavy atom. The van der Waals surface area contributed by atoms with E-state index in [9.17, 15) is 9.59 Å². The lowest BCUT2D eigenvalue weighted by Crippen LogP contribution is -2.16. The highest BCUT2D eigenvalue weighted by Gasteiger charge is 2.24. The zero-order valence-electron chi connectivity index (χ0n) is 12.4. The van der Waals surface area contributed by atoms with Gasteiger partial charge in [0.05, 0.1) is 0 Å². The van der Waals surface area contributed by atoms with Crippen molar-refractivity contribution in [1.29, 1.82) is 0 Å². The van der Waals surface area contributed by atoms with E-state index in [4.69, 9.17) is 0 Å². The van der Waals surface area contributed by atoms with E-state index in [-0.39, 0.29) is 11.6 Å². The molecule has 21 heavy (non-hydrogen) atoms. The highest BCUT2D eigenvalue weighted by molar-refractivity contribution is 6.24. The molecule has 0 N–H and O–H groups in total. The van der Waals surface area contributed by atoms with Gasteiger partial charge in [-0.3, -0.25) is 9.59 Å². The van der Waals surface area contributed by atoms with Crippen LogP contribution in [0.5, 0.6) is 0 Å². The van der Waals surface area contributed by atoms with Gasteiger partial charge in [-0.25, -0.2) is 0 Å². The van der Waals surface area contributed by atoms with Crippen molar-refractivity contribution in [2.75, 3.05) is 0 Å². The molecule has 0 heterocycles. The fraction of sp³-hybridized carbons (Fsp3) is 0.368. The Morgan fingerprint density at radius 1 is 0.952 bits per heavy atom. The summed E-state index contributed by atoms with van der Waals surface area (Å²) in [6.45, 7) is 2.15. The molecular formula is C19H20O2. The Bertz CT molecular complexity index is 626. The molecule has 0 aromatic heterocycles. The maximum atomic E-state index is 12.3. The van der Waals surface area contributed by atoms with Crippen LogP contribution in [0.1, 0.15) is 66.2 Å². The zero-order chi connectivity index (χ0) is 15.1. The number of carbonyl (C=O) groups excluding carboxylic acids is 2. The summed E-state index contributed by atoms with van der Waals surface area (Å²) in [6.07, 6.45) is 6.98. The van der Waals surface area contributed by atoms with Crippen LogP contribution in [0.25, 0.3) is 0 Å². The number of unbranched alkanes of at least 4 members (excludes halogenated alkanes) is 3. The van der Waals surface area contributed by atoms with Gasteiger partial charge in [0.25, 0.3) is 0 Å². The highest BCUT2D eigenvalue weighted by Crippen LogP contribution is 2.23. The average molecular weight is 280 g/mol. The minimum atomic E-state index is -0.0609. The minimum Gasteiger partial charge on any atom is -0.289 e. The van der Waals surface area contributed by atoms with Crippen molar-refractivity contribution >= 4 is 11.6 Å². The summed E-state index contributed by atoms with van der Waals surface area (Å²) in [5, 5.41) is 0. The first-order chi connectivity index (χ1) is 10.2. The Morgan fingerprint density at radius 2 is 1.62 bits per heavy atom. The molecule has 1 aliphatic carbocycles. The average Bonchev–Trinajstić information content (AvgIpc) is 2.51. The molecular weight excluding hydrogens is 260 g/mol. The number of Topliss-reactive ketones (excluding diaryl/α,β-unsaturated/α-hetero) is 1. The third-order valence-electron chi connectivity index (χ3n) is 3.56. The molecule has 108 valence electrons. The summed E-state index contributed by atoms with van der Waals surface area (Å²) < 4.78 is 0. The molecule has 0 unspecified atom stereocenters. The first-order valence-corrected chi connectivity index (χ1v) is 7.58. The number of rotatable bonds is 5. The number of hydrogen-bond acceptors (Lipinski definition) is 2. The van der Waals surface area contributed by atoms with E-state index in [2.05, 4.69) is 18.8 Å². The Kier molecular flexibility index (Phi) is 5.51. The molecule has 0 amide bonds. The monoisotopic (exact) mass is 280 g/mol. The molecule has 1 aliphatic rings. The quantitative estimate of drug-likeness (QED) is 0.593. The van der Waals surface area contributed by atoms with E-state index < -0.39 is 0 Å². The number of carbonyl (C=O) groups is 2. The van der Waals surface area contributed by atoms with E-state index in [1.807, 2.05) is 0 Å². The first kappa shape index (κ1) is 15.3. The summed E-state index contributed by atoms with van der Waals surface area (Å²) >= 11 is 0. The van der Waals surface area contributed by atoms with Crippen LogP contribution < -0.4 is 0 Å². The Balaban J connectivity index is 1.92. The fourth-order valence-electron chi connectivity index (χ4n) is 2.37. The molecule has 0 fully saturated rings. The van der Waals surface area contributed by atoms with Crippen molar-refractivity contribution in [3.8, 4) is 11.8 Å². The Labute approximate surface area is 126 Å². The van der Waals surface area contributed by atoms with Gasteiger partial charge in [-0.05, 0) is 25.3 Å². The van der Waals surface area contributed by atoms with Gasteiger partial charge >= 0.3 is 0 Å². The van der Waals surface area contributed by atoms with Gasteiger partial charge in [0.1, 0.15) is 0 Å². The van der Waals surface area contributed by atoms with E-state index in [1.165, 1.54) is 6.08 Å². The number of benzene rings is 1. The molecule has 2 nitrogen and oxygen atoms in total. The zero-order valence-corrected chi connectivity index (χ0v) is 12.4. The highest BCUT2D eigenvalue weighted by atomic mass is 16.1. The van der Waals surface area contributed by atoms with Crippen LogP contribution in [0.3, 0.4) is 0 Å². The van der Waals surface area contributed by atoms with Crippen LogP contribution in [-0.2, 0) is 0 Å². The SMILES string of the molecule is CCCCC#CCCCC1=CC(=O)c2ccccc2C1=O. The van der Waals surface area contributed by atoms with Gasteiger partial charge in [0.15, 0.2) is 11.6 Å². The van der Waals surface area contributed by atoms with Gasteiger partial charge in [-0.15, -0.1) is 11.8 Å². The van der Waals surface area contributed by atoms with Gasteiger partial charge < -0.3 is 0 Å². The van der Waals surface area contributed by atoms with Crippen LogP contribution in [-0.4, -0.2) is 11.6 Å². The minimum absolute atomic E-state index is 0.0101. The largest absolute Gasteiger partial charge is 0.289 e. The van der Waals surface area contributed by atoms with Crippen LogP contribution in [0.2, 0.25) is 0 Å². The van der Waals surface area contributed by atoms with Crippen molar-refractivity contribution in [2.24, 2.45) is 0 Å².